The van der Waals surface area contributed by atoms with Gasteiger partial charge in [-0.1, -0.05) is 60.7 Å². The van der Waals surface area contributed by atoms with Crippen LogP contribution in [-0.4, -0.2) is 30.2 Å². The Labute approximate surface area is 186 Å². The Bertz CT molecular complexity index is 1100. The Kier molecular flexibility index (Phi) is 6.55. The van der Waals surface area contributed by atoms with Crippen LogP contribution in [0.4, 0.5) is 4.79 Å². The molecule has 3 N–H and O–H groups in total. The van der Waals surface area contributed by atoms with Crippen LogP contribution in [0.1, 0.15) is 17.5 Å². The van der Waals surface area contributed by atoms with Gasteiger partial charge in [0.2, 0.25) is 12.7 Å². The van der Waals surface area contributed by atoms with E-state index in [1.165, 1.54) is 0 Å². The number of rotatable bonds is 8. The molecule has 0 radical (unpaired) electrons. The van der Waals surface area contributed by atoms with E-state index in [1.807, 2.05) is 54.6 Å². The molecular weight excluding hydrogens is 406 g/mol. The third-order valence-corrected chi connectivity index (χ3v) is 5.26. The van der Waals surface area contributed by atoms with E-state index in [4.69, 9.17) is 15.2 Å². The van der Waals surface area contributed by atoms with E-state index in [1.54, 1.807) is 4.90 Å². The summed E-state index contributed by atoms with van der Waals surface area (Å²) in [5.74, 6) is 1.29. The van der Waals surface area contributed by atoms with Crippen molar-refractivity contribution in [3.05, 3.63) is 83.9 Å². The van der Waals surface area contributed by atoms with Crippen LogP contribution in [0.2, 0.25) is 0 Å². The number of primary amides is 1. The van der Waals surface area contributed by atoms with E-state index in [0.29, 0.717) is 24.6 Å². The van der Waals surface area contributed by atoms with Crippen LogP contribution in [0.3, 0.4) is 0 Å². The number of ether oxygens (including phenoxy) is 2. The summed E-state index contributed by atoms with van der Waals surface area (Å²) in [6, 6.07) is 23.2. The average molecular weight is 431 g/mol. The number of hydrogen-bond acceptors (Lipinski definition) is 4. The minimum Gasteiger partial charge on any atom is -0.454 e. The Morgan fingerprint density at radius 1 is 0.906 bits per heavy atom. The van der Waals surface area contributed by atoms with Gasteiger partial charge in [-0.2, -0.15) is 0 Å². The molecule has 0 aliphatic carbocycles. The molecule has 7 heteroatoms. The van der Waals surface area contributed by atoms with E-state index in [0.717, 1.165) is 22.3 Å². The molecule has 0 bridgehead atoms. The van der Waals surface area contributed by atoms with Gasteiger partial charge in [-0.05, 0) is 34.4 Å². The number of nitrogens with one attached hydrogen (secondary N) is 1. The summed E-state index contributed by atoms with van der Waals surface area (Å²) in [6.45, 7) is 1.21. The van der Waals surface area contributed by atoms with Gasteiger partial charge in [0, 0.05) is 26.1 Å². The molecule has 1 heterocycles. The highest BCUT2D eigenvalue weighted by atomic mass is 16.7. The molecule has 0 unspecified atom stereocenters. The Balaban J connectivity index is 1.58. The third kappa shape index (κ3) is 5.18. The number of amides is 3. The average Bonchev–Trinajstić information content (AvgIpc) is 3.27. The maximum atomic E-state index is 13.1. The summed E-state index contributed by atoms with van der Waals surface area (Å²) in [5, 5.41) is 2.49. The molecule has 1 aliphatic rings. The van der Waals surface area contributed by atoms with Gasteiger partial charge in [-0.3, -0.25) is 4.79 Å². The topological polar surface area (TPSA) is 93.9 Å². The molecule has 4 rings (SSSR count). The molecule has 3 aromatic rings. The minimum absolute atomic E-state index is 0.0840. The largest absolute Gasteiger partial charge is 0.454 e. The van der Waals surface area contributed by atoms with Crippen molar-refractivity contribution in [2.24, 2.45) is 5.73 Å². The van der Waals surface area contributed by atoms with Gasteiger partial charge < -0.3 is 25.4 Å². The van der Waals surface area contributed by atoms with Gasteiger partial charge in [0.05, 0.1) is 0 Å². The van der Waals surface area contributed by atoms with Crippen LogP contribution in [-0.2, 0) is 17.9 Å². The molecule has 0 fully saturated rings. The zero-order chi connectivity index (χ0) is 22.3. The quantitative estimate of drug-likeness (QED) is 0.569. The summed E-state index contributed by atoms with van der Waals surface area (Å²) >= 11 is 0. The van der Waals surface area contributed by atoms with E-state index < -0.39 is 6.03 Å². The summed E-state index contributed by atoms with van der Waals surface area (Å²) < 4.78 is 10.9. The number of carbonyl (C=O) groups excluding carboxylic acids is 2. The number of benzene rings is 3. The molecule has 164 valence electrons. The predicted molar refractivity (Wildman–Crippen MR) is 121 cm³/mol. The van der Waals surface area contributed by atoms with Gasteiger partial charge in [0.15, 0.2) is 11.5 Å². The van der Waals surface area contributed by atoms with E-state index in [-0.39, 0.29) is 25.7 Å². The van der Waals surface area contributed by atoms with Crippen LogP contribution in [0.5, 0.6) is 11.5 Å². The third-order valence-electron chi connectivity index (χ3n) is 5.26. The van der Waals surface area contributed by atoms with Gasteiger partial charge in [-0.25, -0.2) is 4.79 Å². The number of hydrogen-bond donors (Lipinski definition) is 2. The molecule has 32 heavy (non-hydrogen) atoms. The van der Waals surface area contributed by atoms with Crippen molar-refractivity contribution in [3.8, 4) is 22.6 Å². The summed E-state index contributed by atoms with van der Waals surface area (Å²) in [5.41, 5.74) is 9.28. The summed E-state index contributed by atoms with van der Waals surface area (Å²) in [4.78, 5) is 25.9. The van der Waals surface area contributed by atoms with Crippen molar-refractivity contribution in [1.29, 1.82) is 0 Å². The van der Waals surface area contributed by atoms with Crippen LogP contribution in [0, 0.1) is 0 Å². The zero-order valence-corrected chi connectivity index (χ0v) is 17.6. The first-order valence-corrected chi connectivity index (χ1v) is 10.4. The Hall–Kier alpha value is -4.00. The number of nitrogens with zero attached hydrogens (tertiary/aromatic N) is 1. The zero-order valence-electron chi connectivity index (χ0n) is 17.6. The van der Waals surface area contributed by atoms with Crippen molar-refractivity contribution >= 4 is 11.9 Å². The second kappa shape index (κ2) is 9.87. The second-order valence-corrected chi connectivity index (χ2v) is 7.50. The fourth-order valence-corrected chi connectivity index (χ4v) is 3.71. The van der Waals surface area contributed by atoms with Crippen molar-refractivity contribution in [2.75, 3.05) is 13.3 Å². The van der Waals surface area contributed by atoms with E-state index in [2.05, 4.69) is 23.5 Å². The molecule has 0 saturated heterocycles. The van der Waals surface area contributed by atoms with Crippen LogP contribution >= 0.6 is 0 Å². The van der Waals surface area contributed by atoms with Gasteiger partial charge in [0.1, 0.15) is 0 Å². The van der Waals surface area contributed by atoms with Crippen molar-refractivity contribution in [3.63, 3.8) is 0 Å². The number of nitrogens with two attached hydrogens (primary N) is 1. The maximum absolute atomic E-state index is 13.1. The standard InChI is InChI=1S/C25H25N3O4/c26-25(30)27-13-12-24(29)28(15-18-10-11-22-23(14-18)32-17-31-22)16-20-8-4-5-9-21(20)19-6-2-1-3-7-19/h1-11,14H,12-13,15-17H2,(H3,26,27,30). The van der Waals surface area contributed by atoms with Crippen LogP contribution < -0.4 is 20.5 Å². The molecule has 0 saturated carbocycles. The lowest BCUT2D eigenvalue weighted by Crippen LogP contribution is -2.35. The SMILES string of the molecule is NC(=O)NCCC(=O)N(Cc1ccc2c(c1)OCO2)Cc1ccccc1-c1ccccc1. The van der Waals surface area contributed by atoms with Crippen LogP contribution in [0.25, 0.3) is 11.1 Å². The predicted octanol–water partition coefficient (Wildman–Crippen LogP) is 3.67. The smallest absolute Gasteiger partial charge is 0.312 e. The highest BCUT2D eigenvalue weighted by Gasteiger charge is 2.19. The molecule has 3 aromatic carbocycles. The molecule has 0 aromatic heterocycles. The molecule has 3 amide bonds. The van der Waals surface area contributed by atoms with Crippen molar-refractivity contribution < 1.29 is 19.1 Å². The molecular formula is C25H25N3O4. The second-order valence-electron chi connectivity index (χ2n) is 7.50. The van der Waals surface area contributed by atoms with E-state index >= 15 is 0 Å². The Morgan fingerprint density at radius 2 is 1.66 bits per heavy atom. The number of fused-ring (bicyclic) bond motifs is 1. The number of carbonyl (C=O) groups is 2. The highest BCUT2D eigenvalue weighted by molar-refractivity contribution is 5.78. The normalized spacial score (nSPS) is 11.8. The molecule has 0 spiro atoms. The lowest BCUT2D eigenvalue weighted by molar-refractivity contribution is -0.132. The first-order chi connectivity index (χ1) is 15.6. The monoisotopic (exact) mass is 431 g/mol. The Morgan fingerprint density at radius 3 is 2.47 bits per heavy atom. The van der Waals surface area contributed by atoms with E-state index in [9.17, 15) is 9.59 Å². The lowest BCUT2D eigenvalue weighted by Gasteiger charge is -2.25. The molecule has 7 nitrogen and oxygen atoms in total. The summed E-state index contributed by atoms with van der Waals surface area (Å²) in [7, 11) is 0. The molecule has 1 aliphatic heterocycles. The number of urea groups is 1. The lowest BCUT2D eigenvalue weighted by atomic mass is 9.99. The van der Waals surface area contributed by atoms with Crippen molar-refractivity contribution in [1.82, 2.24) is 10.2 Å². The fraction of sp³-hybridized carbons (Fsp3) is 0.200. The van der Waals surface area contributed by atoms with Gasteiger partial charge >= 0.3 is 6.03 Å². The van der Waals surface area contributed by atoms with Gasteiger partial charge in [0.25, 0.3) is 0 Å². The van der Waals surface area contributed by atoms with Crippen LogP contribution in [0.15, 0.2) is 72.8 Å². The highest BCUT2D eigenvalue weighted by Crippen LogP contribution is 2.33. The minimum atomic E-state index is -0.644. The fourth-order valence-electron chi connectivity index (χ4n) is 3.71. The maximum Gasteiger partial charge on any atom is 0.312 e. The molecule has 0 atom stereocenters. The first-order valence-electron chi connectivity index (χ1n) is 10.4. The summed E-state index contributed by atoms with van der Waals surface area (Å²) in [6.07, 6.45) is 0.154. The van der Waals surface area contributed by atoms with Gasteiger partial charge in [-0.15, -0.1) is 0 Å². The van der Waals surface area contributed by atoms with Crippen molar-refractivity contribution in [2.45, 2.75) is 19.5 Å². The first kappa shape index (κ1) is 21.2.